The third kappa shape index (κ3) is 4.38. The molecular weight excluding hydrogens is 473 g/mol. The summed E-state index contributed by atoms with van der Waals surface area (Å²) in [6.07, 6.45) is 0.708. The van der Waals surface area contributed by atoms with Gasteiger partial charge in [-0.05, 0) is 48.9 Å². The van der Waals surface area contributed by atoms with Crippen LogP contribution in [0.3, 0.4) is 0 Å². The van der Waals surface area contributed by atoms with Crippen LogP contribution < -0.4 is 10.1 Å². The molecule has 5 rings (SSSR count). The number of carbonyl (C=O) groups excluding carboxylic acids is 1. The molecule has 1 aliphatic heterocycles. The van der Waals surface area contributed by atoms with E-state index in [2.05, 4.69) is 5.32 Å². The number of fused-ring (bicyclic) bond motifs is 2. The van der Waals surface area contributed by atoms with Gasteiger partial charge in [-0.15, -0.1) is 11.8 Å². The van der Waals surface area contributed by atoms with Crippen molar-refractivity contribution in [1.82, 2.24) is 9.88 Å². The summed E-state index contributed by atoms with van der Waals surface area (Å²) in [6.45, 7) is 1.17. The van der Waals surface area contributed by atoms with E-state index < -0.39 is 0 Å². The minimum atomic E-state index is -0.289. The van der Waals surface area contributed by atoms with Crippen molar-refractivity contribution in [2.75, 3.05) is 31.3 Å². The molecule has 1 fully saturated rings. The molecule has 5 nitrogen and oxygen atoms in total. The first kappa shape index (κ1) is 22.7. The van der Waals surface area contributed by atoms with Crippen LogP contribution in [0.4, 0.5) is 10.1 Å². The molecule has 1 N–H and O–H groups in total. The maximum absolute atomic E-state index is 14.3. The highest BCUT2D eigenvalue weighted by Gasteiger charge is 2.33. The number of hydrogen-bond donors (Lipinski definition) is 1. The van der Waals surface area contributed by atoms with E-state index in [1.54, 1.807) is 24.1 Å². The second kappa shape index (κ2) is 9.68. The fourth-order valence-corrected chi connectivity index (χ4v) is 5.71. The van der Waals surface area contributed by atoms with Crippen molar-refractivity contribution >= 4 is 56.8 Å². The average molecular weight is 496 g/mol. The van der Waals surface area contributed by atoms with Crippen LogP contribution in [0, 0.1) is 5.82 Å². The summed E-state index contributed by atoms with van der Waals surface area (Å²) in [5, 5.41) is 5.80. The van der Waals surface area contributed by atoms with Crippen molar-refractivity contribution in [2.24, 2.45) is 0 Å². The summed E-state index contributed by atoms with van der Waals surface area (Å²) in [5.74, 6) is 0.878. The lowest BCUT2D eigenvalue weighted by Gasteiger charge is -2.25. The van der Waals surface area contributed by atoms with Crippen LogP contribution in [-0.2, 0) is 4.79 Å². The first-order chi connectivity index (χ1) is 16.5. The smallest absolute Gasteiger partial charge is 0.233 e. The molecule has 0 spiro atoms. The number of methoxy groups -OCH3 is 1. The van der Waals surface area contributed by atoms with Gasteiger partial charge in [-0.3, -0.25) is 4.79 Å². The molecule has 1 amide bonds. The zero-order chi connectivity index (χ0) is 23.7. The maximum atomic E-state index is 14.3. The van der Waals surface area contributed by atoms with Crippen LogP contribution >= 0.6 is 23.4 Å². The van der Waals surface area contributed by atoms with E-state index in [0.717, 1.165) is 33.2 Å². The van der Waals surface area contributed by atoms with Gasteiger partial charge in [0.2, 0.25) is 5.91 Å². The molecule has 34 heavy (non-hydrogen) atoms. The molecule has 3 aromatic carbocycles. The quantitative estimate of drug-likeness (QED) is 0.242. The van der Waals surface area contributed by atoms with Gasteiger partial charge in [0.25, 0.3) is 0 Å². The summed E-state index contributed by atoms with van der Waals surface area (Å²) in [6, 6.07) is 18.1. The van der Waals surface area contributed by atoms with Crippen LogP contribution in [0.15, 0.2) is 60.7 Å². The number of amides is 1. The Morgan fingerprint density at radius 3 is 2.82 bits per heavy atom. The summed E-state index contributed by atoms with van der Waals surface area (Å²) >= 11 is 7.68. The van der Waals surface area contributed by atoms with Gasteiger partial charge in [-0.1, -0.05) is 29.8 Å². The molecule has 0 saturated carbocycles. The van der Waals surface area contributed by atoms with Crippen LogP contribution in [0.1, 0.15) is 17.4 Å². The minimum absolute atomic E-state index is 0.0393. The van der Waals surface area contributed by atoms with Gasteiger partial charge in [-0.25, -0.2) is 9.37 Å². The van der Waals surface area contributed by atoms with E-state index in [9.17, 15) is 9.18 Å². The van der Waals surface area contributed by atoms with Gasteiger partial charge < -0.3 is 15.0 Å². The number of aromatic nitrogens is 1. The molecule has 0 bridgehead atoms. The second-order valence-corrected chi connectivity index (χ2v) is 9.59. The van der Waals surface area contributed by atoms with E-state index in [1.165, 1.54) is 17.8 Å². The number of hydrogen-bond acceptors (Lipinski definition) is 5. The number of pyridine rings is 1. The molecule has 1 atom stereocenters. The van der Waals surface area contributed by atoms with Crippen LogP contribution in [-0.4, -0.2) is 41.7 Å². The third-order valence-corrected chi connectivity index (χ3v) is 7.43. The maximum Gasteiger partial charge on any atom is 0.233 e. The Morgan fingerprint density at radius 2 is 2.00 bits per heavy atom. The number of nitrogens with one attached hydrogen (secondary N) is 1. The monoisotopic (exact) mass is 495 g/mol. The SMILES string of the molecule is COc1ccc2nc3cc(Cl)ccc3c(NCCCN3C(=O)CSC3c3ccccc3F)c2c1. The molecule has 2 heterocycles. The van der Waals surface area contributed by atoms with Crippen molar-refractivity contribution < 1.29 is 13.9 Å². The predicted octanol–water partition coefficient (Wildman–Crippen LogP) is 6.27. The predicted molar refractivity (Wildman–Crippen MR) is 137 cm³/mol. The van der Waals surface area contributed by atoms with Crippen molar-refractivity contribution in [3.63, 3.8) is 0 Å². The molecule has 4 aromatic rings. The number of anilines is 1. The van der Waals surface area contributed by atoms with Crippen LogP contribution in [0.5, 0.6) is 5.75 Å². The second-order valence-electron chi connectivity index (χ2n) is 8.08. The largest absolute Gasteiger partial charge is 0.497 e. The van der Waals surface area contributed by atoms with Gasteiger partial charge in [0.05, 0.1) is 29.6 Å². The van der Waals surface area contributed by atoms with Crippen LogP contribution in [0.2, 0.25) is 5.02 Å². The summed E-state index contributed by atoms with van der Waals surface area (Å²) < 4.78 is 19.8. The molecule has 0 radical (unpaired) electrons. The Hall–Kier alpha value is -3.03. The van der Waals surface area contributed by atoms with E-state index in [4.69, 9.17) is 21.3 Å². The van der Waals surface area contributed by atoms with Crippen molar-refractivity contribution in [3.8, 4) is 5.75 Å². The summed E-state index contributed by atoms with van der Waals surface area (Å²) in [4.78, 5) is 19.0. The Balaban J connectivity index is 1.37. The average Bonchev–Trinajstić information content (AvgIpc) is 3.20. The van der Waals surface area contributed by atoms with Crippen molar-refractivity contribution in [3.05, 3.63) is 77.1 Å². The number of rotatable bonds is 7. The van der Waals surface area contributed by atoms with Crippen LogP contribution in [0.25, 0.3) is 21.8 Å². The van der Waals surface area contributed by atoms with E-state index >= 15 is 0 Å². The number of carbonyl (C=O) groups is 1. The van der Waals surface area contributed by atoms with Gasteiger partial charge in [0.15, 0.2) is 0 Å². The van der Waals surface area contributed by atoms with E-state index in [-0.39, 0.29) is 17.1 Å². The summed E-state index contributed by atoms with van der Waals surface area (Å²) in [5.41, 5.74) is 3.15. The highest BCUT2D eigenvalue weighted by Crippen LogP contribution is 2.40. The number of thioether (sulfide) groups is 1. The molecule has 8 heteroatoms. The number of ether oxygens (including phenoxy) is 1. The minimum Gasteiger partial charge on any atom is -0.497 e. The Kier molecular flexibility index (Phi) is 6.48. The fourth-order valence-electron chi connectivity index (χ4n) is 4.31. The molecule has 1 unspecified atom stereocenters. The third-order valence-electron chi connectivity index (χ3n) is 5.96. The lowest BCUT2D eigenvalue weighted by atomic mass is 10.1. The van der Waals surface area contributed by atoms with E-state index in [1.807, 2.05) is 42.5 Å². The lowest BCUT2D eigenvalue weighted by molar-refractivity contribution is -0.128. The lowest BCUT2D eigenvalue weighted by Crippen LogP contribution is -2.30. The Bertz CT molecular complexity index is 1380. The molecule has 1 aliphatic rings. The van der Waals surface area contributed by atoms with Gasteiger partial charge in [-0.2, -0.15) is 0 Å². The van der Waals surface area contributed by atoms with Gasteiger partial charge in [0, 0.05) is 34.4 Å². The molecule has 1 saturated heterocycles. The Morgan fingerprint density at radius 1 is 1.15 bits per heavy atom. The Labute approximate surface area is 206 Å². The molecular formula is C26H23ClFN3O2S. The summed E-state index contributed by atoms with van der Waals surface area (Å²) in [7, 11) is 1.64. The van der Waals surface area contributed by atoms with E-state index in [0.29, 0.717) is 35.8 Å². The zero-order valence-electron chi connectivity index (χ0n) is 18.6. The highest BCUT2D eigenvalue weighted by atomic mass is 35.5. The molecule has 174 valence electrons. The normalized spacial score (nSPS) is 15.9. The molecule has 1 aromatic heterocycles. The first-order valence-electron chi connectivity index (χ1n) is 11.0. The van der Waals surface area contributed by atoms with Gasteiger partial charge >= 0.3 is 0 Å². The van der Waals surface area contributed by atoms with Crippen molar-refractivity contribution in [2.45, 2.75) is 11.8 Å². The standard InChI is InChI=1S/C26H23ClFN3O2S/c1-33-17-8-10-22-20(14-17)25(19-9-7-16(27)13-23(19)30-22)29-11-4-12-31-24(32)15-34-26(31)18-5-2-3-6-21(18)28/h2-3,5-10,13-14,26H,4,11-12,15H2,1H3,(H,29,30). The topological polar surface area (TPSA) is 54.5 Å². The molecule has 0 aliphatic carbocycles. The highest BCUT2D eigenvalue weighted by molar-refractivity contribution is 8.00. The number of benzene rings is 3. The fraction of sp³-hybridized carbons (Fsp3) is 0.231. The zero-order valence-corrected chi connectivity index (χ0v) is 20.1. The van der Waals surface area contributed by atoms with Gasteiger partial charge in [0.1, 0.15) is 16.9 Å². The number of halogens is 2. The first-order valence-corrected chi connectivity index (χ1v) is 12.4. The van der Waals surface area contributed by atoms with Crippen molar-refractivity contribution in [1.29, 1.82) is 0 Å². The number of nitrogens with zero attached hydrogens (tertiary/aromatic N) is 2.